The van der Waals surface area contributed by atoms with Gasteiger partial charge in [-0.15, -0.1) is 0 Å². The van der Waals surface area contributed by atoms with Gasteiger partial charge >= 0.3 is 0 Å². The number of oxime groups is 1. The van der Waals surface area contributed by atoms with Crippen LogP contribution >= 0.6 is 31.9 Å². The number of aryl methyl sites for hydroxylation is 2. The second kappa shape index (κ2) is 7.25. The molecule has 0 fully saturated rings. The Hall–Kier alpha value is -1.74. The molecular weight excluding hydrogens is 459 g/mol. The Morgan fingerprint density at radius 2 is 2.12 bits per heavy atom. The molecule has 1 aliphatic rings. The fourth-order valence-corrected chi connectivity index (χ4v) is 3.83. The number of hydrogen-bond donors (Lipinski definition) is 1. The smallest absolute Gasteiger partial charge is 0.268 e. The van der Waals surface area contributed by atoms with Crippen molar-refractivity contribution in [2.45, 2.75) is 32.9 Å². The molecule has 3 rings (SSSR count). The van der Waals surface area contributed by atoms with Crippen molar-refractivity contribution in [3.63, 3.8) is 0 Å². The van der Waals surface area contributed by atoms with Gasteiger partial charge in [0.15, 0.2) is 0 Å². The zero-order chi connectivity index (χ0) is 18.1. The number of hydrogen-bond acceptors (Lipinski definition) is 4. The maximum atomic E-state index is 13.3. The van der Waals surface area contributed by atoms with Crippen LogP contribution in [0.2, 0.25) is 0 Å². The first-order valence-electron chi connectivity index (χ1n) is 7.61. The van der Waals surface area contributed by atoms with E-state index in [1.54, 1.807) is 0 Å². The summed E-state index contributed by atoms with van der Waals surface area (Å²) in [6, 6.07) is 2.56. The number of rotatable bonds is 4. The average molecular weight is 474 g/mol. The van der Waals surface area contributed by atoms with E-state index in [2.05, 4.69) is 47.4 Å². The number of halogens is 3. The number of nitrogens with zero attached hydrogens (tertiary/aromatic N) is 3. The van der Waals surface area contributed by atoms with Crippen molar-refractivity contribution in [3.05, 3.63) is 44.3 Å². The minimum absolute atomic E-state index is 0.346. The summed E-state index contributed by atoms with van der Waals surface area (Å²) in [6.45, 7) is 4.65. The molecule has 0 aliphatic carbocycles. The number of carbonyl (C=O) groups is 1. The fraction of sp³-hybridized carbons (Fsp3) is 0.312. The zero-order valence-corrected chi connectivity index (χ0v) is 16.7. The van der Waals surface area contributed by atoms with Crippen molar-refractivity contribution in [2.24, 2.45) is 5.16 Å². The third-order valence-electron chi connectivity index (χ3n) is 3.80. The molecule has 0 saturated carbocycles. The number of aromatic nitrogens is 2. The van der Waals surface area contributed by atoms with Gasteiger partial charge in [0, 0.05) is 33.7 Å². The van der Waals surface area contributed by atoms with E-state index in [9.17, 15) is 9.18 Å². The van der Waals surface area contributed by atoms with E-state index in [-0.39, 0.29) is 5.91 Å². The van der Waals surface area contributed by atoms with Gasteiger partial charge in [-0.1, -0.05) is 5.16 Å². The number of amides is 1. The first-order valence-corrected chi connectivity index (χ1v) is 9.20. The second-order valence-corrected chi connectivity index (χ2v) is 7.26. The molecule has 0 radical (unpaired) electrons. The Kier molecular flexibility index (Phi) is 5.24. The lowest BCUT2D eigenvalue weighted by Gasteiger charge is -2.12. The Labute approximate surface area is 160 Å². The number of anilines is 1. The maximum Gasteiger partial charge on any atom is 0.268 e. The molecule has 0 spiro atoms. The van der Waals surface area contributed by atoms with Gasteiger partial charge in [0.25, 0.3) is 5.91 Å². The van der Waals surface area contributed by atoms with E-state index in [1.807, 2.05) is 24.7 Å². The van der Waals surface area contributed by atoms with Gasteiger partial charge in [0.05, 0.1) is 17.1 Å². The van der Waals surface area contributed by atoms with Crippen molar-refractivity contribution in [1.82, 2.24) is 9.78 Å². The van der Waals surface area contributed by atoms with Crippen LogP contribution in [0.5, 0.6) is 0 Å². The molecule has 9 heteroatoms. The monoisotopic (exact) mass is 472 g/mol. The van der Waals surface area contributed by atoms with E-state index < -0.39 is 11.9 Å². The van der Waals surface area contributed by atoms with Crippen molar-refractivity contribution in [2.75, 3.05) is 5.32 Å². The van der Waals surface area contributed by atoms with Crippen molar-refractivity contribution >= 4 is 49.2 Å². The molecule has 2 heterocycles. The molecule has 2 aromatic rings. The normalized spacial score (nSPS) is 16.5. The predicted molar refractivity (Wildman–Crippen MR) is 99.1 cm³/mol. The highest BCUT2D eigenvalue weighted by Gasteiger charge is 2.31. The standard InChI is InChI=1S/C16H15Br2FN4O2/c1-3-23-7-10(8(2)21-23)13-6-14(25-22-13)16(24)20-15-11(17)4-9(19)5-12(15)18/h4-5,7,14H,3,6H2,1-2H3,(H,20,24)/t14-/m0/s1. The Morgan fingerprint density at radius 1 is 1.44 bits per heavy atom. The van der Waals surface area contributed by atoms with Gasteiger partial charge in [-0.05, 0) is 57.8 Å². The van der Waals surface area contributed by atoms with Crippen molar-refractivity contribution in [3.8, 4) is 0 Å². The number of nitrogens with one attached hydrogen (secondary N) is 1. The first-order chi connectivity index (χ1) is 11.9. The van der Waals surface area contributed by atoms with Gasteiger partial charge in [-0.2, -0.15) is 5.10 Å². The van der Waals surface area contributed by atoms with Crippen LogP contribution in [0.3, 0.4) is 0 Å². The molecule has 0 bridgehead atoms. The summed E-state index contributed by atoms with van der Waals surface area (Å²) < 4.78 is 16.0. The SMILES string of the molecule is CCn1cc(C2=NO[C@H](C(=O)Nc3c(Br)cc(F)cc3Br)C2)c(C)n1. The summed E-state index contributed by atoms with van der Waals surface area (Å²) in [7, 11) is 0. The molecule has 6 nitrogen and oxygen atoms in total. The summed E-state index contributed by atoms with van der Waals surface area (Å²) in [5.41, 5.74) is 2.85. The molecule has 1 amide bonds. The molecule has 1 aliphatic heterocycles. The minimum Gasteiger partial charge on any atom is -0.382 e. The molecule has 1 aromatic heterocycles. The highest BCUT2D eigenvalue weighted by Crippen LogP contribution is 2.32. The van der Waals surface area contributed by atoms with E-state index in [0.29, 0.717) is 26.8 Å². The predicted octanol–water partition coefficient (Wildman–Crippen LogP) is 4.01. The lowest BCUT2D eigenvalue weighted by atomic mass is 10.1. The van der Waals surface area contributed by atoms with Gasteiger partial charge < -0.3 is 10.2 Å². The van der Waals surface area contributed by atoms with Crippen molar-refractivity contribution in [1.29, 1.82) is 0 Å². The highest BCUT2D eigenvalue weighted by molar-refractivity contribution is 9.11. The van der Waals surface area contributed by atoms with Gasteiger partial charge in [0.2, 0.25) is 6.10 Å². The maximum absolute atomic E-state index is 13.3. The molecule has 25 heavy (non-hydrogen) atoms. The molecule has 1 N–H and O–H groups in total. The lowest BCUT2D eigenvalue weighted by Crippen LogP contribution is -2.28. The van der Waals surface area contributed by atoms with E-state index in [1.165, 1.54) is 12.1 Å². The third kappa shape index (κ3) is 3.77. The zero-order valence-electron chi connectivity index (χ0n) is 13.5. The van der Waals surface area contributed by atoms with E-state index in [4.69, 9.17) is 4.84 Å². The number of carbonyl (C=O) groups excluding carboxylic acids is 1. The largest absolute Gasteiger partial charge is 0.382 e. The van der Waals surface area contributed by atoms with Crippen LogP contribution in [0.1, 0.15) is 24.6 Å². The summed E-state index contributed by atoms with van der Waals surface area (Å²) >= 11 is 6.48. The van der Waals surface area contributed by atoms with Crippen molar-refractivity contribution < 1.29 is 14.0 Å². The topological polar surface area (TPSA) is 68.5 Å². The molecule has 0 saturated heterocycles. The van der Waals surface area contributed by atoms with Gasteiger partial charge in [0.1, 0.15) is 5.82 Å². The van der Waals surface area contributed by atoms with E-state index in [0.717, 1.165) is 17.8 Å². The van der Waals surface area contributed by atoms with Gasteiger partial charge in [-0.25, -0.2) is 4.39 Å². The van der Waals surface area contributed by atoms with Crippen LogP contribution in [0, 0.1) is 12.7 Å². The summed E-state index contributed by atoms with van der Waals surface area (Å²) in [5, 5.41) is 11.1. The summed E-state index contributed by atoms with van der Waals surface area (Å²) in [6.07, 6.45) is 1.49. The Balaban J connectivity index is 1.71. The van der Waals surface area contributed by atoms with E-state index >= 15 is 0 Å². The highest BCUT2D eigenvalue weighted by atomic mass is 79.9. The van der Waals surface area contributed by atoms with Gasteiger partial charge in [-0.3, -0.25) is 9.48 Å². The molecule has 1 aromatic carbocycles. The first kappa shape index (κ1) is 18.1. The van der Waals surface area contributed by atoms with Crippen LogP contribution in [0.25, 0.3) is 0 Å². The van der Waals surface area contributed by atoms with Crippen LogP contribution in [-0.2, 0) is 16.2 Å². The quantitative estimate of drug-likeness (QED) is 0.729. The Morgan fingerprint density at radius 3 is 2.72 bits per heavy atom. The summed E-state index contributed by atoms with van der Waals surface area (Å²) in [5.74, 6) is -0.768. The van der Waals surface area contributed by atoms with Crippen LogP contribution in [0.4, 0.5) is 10.1 Å². The number of benzene rings is 1. The lowest BCUT2D eigenvalue weighted by molar-refractivity contribution is -0.125. The molecular formula is C16H15Br2FN4O2. The van der Waals surface area contributed by atoms with Crippen LogP contribution in [0.15, 0.2) is 32.4 Å². The Bertz CT molecular complexity index is 843. The molecule has 132 valence electrons. The molecule has 1 atom stereocenters. The summed E-state index contributed by atoms with van der Waals surface area (Å²) in [4.78, 5) is 17.8. The third-order valence-corrected chi connectivity index (χ3v) is 5.05. The van der Waals surface area contributed by atoms with Crippen LogP contribution < -0.4 is 5.32 Å². The minimum atomic E-state index is -0.747. The second-order valence-electron chi connectivity index (χ2n) is 5.55. The fourth-order valence-electron chi connectivity index (χ4n) is 2.51. The molecule has 0 unspecified atom stereocenters. The van der Waals surface area contributed by atoms with Crippen LogP contribution in [-0.4, -0.2) is 27.5 Å². The average Bonchev–Trinajstić information content (AvgIpc) is 3.16.